The molecule has 140 valence electrons. The van der Waals surface area contributed by atoms with Crippen LogP contribution in [0.4, 0.5) is 4.79 Å². The molecular weight excluding hydrogens is 344 g/mol. The molecule has 1 amide bonds. The molecule has 0 radical (unpaired) electrons. The Hall–Kier alpha value is -1.71. The van der Waals surface area contributed by atoms with E-state index in [1.165, 1.54) is 18.5 Å². The van der Waals surface area contributed by atoms with E-state index in [1.807, 2.05) is 20.8 Å². The van der Waals surface area contributed by atoms with Gasteiger partial charge in [-0.2, -0.15) is 0 Å². The molecule has 0 aromatic carbocycles. The lowest BCUT2D eigenvalue weighted by atomic mass is 10.2. The summed E-state index contributed by atoms with van der Waals surface area (Å²) in [6.07, 6.45) is 2.55. The second-order valence-corrected chi connectivity index (χ2v) is 8.66. The summed E-state index contributed by atoms with van der Waals surface area (Å²) in [6.45, 7) is 8.95. The lowest BCUT2D eigenvalue weighted by Gasteiger charge is -2.35. The first-order chi connectivity index (χ1) is 11.7. The molecule has 1 aromatic rings. The van der Waals surface area contributed by atoms with Gasteiger partial charge in [0.1, 0.15) is 10.5 Å². The Kier molecular flexibility index (Phi) is 6.36. The SMILES string of the molecule is CC(C)(C)OC(=O)N1CCN(CCNS(=O)(=O)c2cccnc2)CC1. The van der Waals surface area contributed by atoms with Crippen molar-refractivity contribution in [1.29, 1.82) is 0 Å². The number of nitrogens with one attached hydrogen (secondary N) is 1. The molecule has 2 rings (SSSR count). The van der Waals surface area contributed by atoms with Crippen LogP contribution in [-0.4, -0.2) is 74.2 Å². The van der Waals surface area contributed by atoms with Gasteiger partial charge in [0.2, 0.25) is 10.0 Å². The van der Waals surface area contributed by atoms with Gasteiger partial charge in [0.15, 0.2) is 0 Å². The number of pyridine rings is 1. The van der Waals surface area contributed by atoms with E-state index in [0.29, 0.717) is 39.3 Å². The van der Waals surface area contributed by atoms with Gasteiger partial charge in [-0.3, -0.25) is 9.88 Å². The molecule has 0 unspecified atom stereocenters. The van der Waals surface area contributed by atoms with E-state index >= 15 is 0 Å². The Balaban J connectivity index is 1.73. The zero-order valence-corrected chi connectivity index (χ0v) is 15.8. The van der Waals surface area contributed by atoms with Crippen LogP contribution < -0.4 is 4.72 Å². The highest BCUT2D eigenvalue weighted by Crippen LogP contribution is 2.12. The Morgan fingerprint density at radius 3 is 2.52 bits per heavy atom. The van der Waals surface area contributed by atoms with Crippen LogP contribution >= 0.6 is 0 Å². The molecule has 8 nitrogen and oxygen atoms in total. The van der Waals surface area contributed by atoms with Gasteiger partial charge in [0.05, 0.1) is 0 Å². The third-order valence-electron chi connectivity index (χ3n) is 3.69. The molecule has 0 spiro atoms. The van der Waals surface area contributed by atoms with Gasteiger partial charge in [-0.25, -0.2) is 17.9 Å². The number of hydrogen-bond acceptors (Lipinski definition) is 6. The van der Waals surface area contributed by atoms with E-state index in [4.69, 9.17) is 4.74 Å². The molecule has 9 heteroatoms. The Labute approximate surface area is 149 Å². The van der Waals surface area contributed by atoms with Gasteiger partial charge >= 0.3 is 6.09 Å². The van der Waals surface area contributed by atoms with Crippen LogP contribution in [0.25, 0.3) is 0 Å². The normalized spacial score (nSPS) is 16.7. The zero-order chi connectivity index (χ0) is 18.5. The third kappa shape index (κ3) is 6.26. The minimum atomic E-state index is -3.53. The summed E-state index contributed by atoms with van der Waals surface area (Å²) in [5.74, 6) is 0. The van der Waals surface area contributed by atoms with Crippen LogP contribution in [-0.2, 0) is 14.8 Å². The zero-order valence-electron chi connectivity index (χ0n) is 14.9. The largest absolute Gasteiger partial charge is 0.444 e. The molecule has 25 heavy (non-hydrogen) atoms. The smallest absolute Gasteiger partial charge is 0.410 e. The van der Waals surface area contributed by atoms with Crippen molar-refractivity contribution in [3.05, 3.63) is 24.5 Å². The number of carbonyl (C=O) groups is 1. The van der Waals surface area contributed by atoms with Crippen LogP contribution in [0.3, 0.4) is 0 Å². The molecule has 1 aliphatic heterocycles. The van der Waals surface area contributed by atoms with Crippen molar-refractivity contribution in [2.45, 2.75) is 31.3 Å². The van der Waals surface area contributed by atoms with E-state index in [2.05, 4.69) is 14.6 Å². The van der Waals surface area contributed by atoms with Crippen molar-refractivity contribution in [3.63, 3.8) is 0 Å². The summed E-state index contributed by atoms with van der Waals surface area (Å²) < 4.78 is 32.1. The highest BCUT2D eigenvalue weighted by Gasteiger charge is 2.25. The Bertz CT molecular complexity index is 665. The summed E-state index contributed by atoms with van der Waals surface area (Å²) in [5.41, 5.74) is -0.501. The summed E-state index contributed by atoms with van der Waals surface area (Å²) in [4.78, 5) is 19.8. The number of ether oxygens (including phenoxy) is 1. The lowest BCUT2D eigenvalue weighted by Crippen LogP contribution is -2.51. The monoisotopic (exact) mass is 370 g/mol. The predicted molar refractivity (Wildman–Crippen MR) is 93.7 cm³/mol. The quantitative estimate of drug-likeness (QED) is 0.828. The molecule has 1 N–H and O–H groups in total. The molecule has 1 fully saturated rings. The summed E-state index contributed by atoms with van der Waals surface area (Å²) in [6, 6.07) is 3.10. The number of nitrogens with zero attached hydrogens (tertiary/aromatic N) is 3. The Morgan fingerprint density at radius 2 is 1.96 bits per heavy atom. The molecule has 1 saturated heterocycles. The van der Waals surface area contributed by atoms with Crippen LogP contribution in [0.15, 0.2) is 29.4 Å². The second-order valence-electron chi connectivity index (χ2n) is 6.90. The minimum Gasteiger partial charge on any atom is -0.444 e. The topological polar surface area (TPSA) is 91.8 Å². The number of rotatable bonds is 5. The number of piperazine rings is 1. The Morgan fingerprint density at radius 1 is 1.28 bits per heavy atom. The van der Waals surface area contributed by atoms with E-state index in [0.717, 1.165) is 0 Å². The fourth-order valence-electron chi connectivity index (χ4n) is 2.41. The third-order valence-corrected chi connectivity index (χ3v) is 5.14. The maximum atomic E-state index is 12.1. The fourth-order valence-corrected chi connectivity index (χ4v) is 3.39. The van der Waals surface area contributed by atoms with Crippen molar-refractivity contribution < 1.29 is 17.9 Å². The van der Waals surface area contributed by atoms with Crippen molar-refractivity contribution in [2.75, 3.05) is 39.3 Å². The average Bonchev–Trinajstić information content (AvgIpc) is 2.54. The molecule has 0 bridgehead atoms. The number of amides is 1. The summed E-state index contributed by atoms with van der Waals surface area (Å²) in [7, 11) is -3.53. The maximum absolute atomic E-state index is 12.1. The number of aromatic nitrogens is 1. The first-order valence-corrected chi connectivity index (χ1v) is 9.76. The molecule has 0 atom stereocenters. The van der Waals surface area contributed by atoms with E-state index in [9.17, 15) is 13.2 Å². The van der Waals surface area contributed by atoms with Crippen LogP contribution in [0.5, 0.6) is 0 Å². The fraction of sp³-hybridized carbons (Fsp3) is 0.625. The van der Waals surface area contributed by atoms with E-state index < -0.39 is 15.6 Å². The maximum Gasteiger partial charge on any atom is 0.410 e. The van der Waals surface area contributed by atoms with Crippen LogP contribution in [0.1, 0.15) is 20.8 Å². The van der Waals surface area contributed by atoms with Gasteiger partial charge in [0.25, 0.3) is 0 Å². The van der Waals surface area contributed by atoms with Gasteiger partial charge in [0, 0.05) is 51.7 Å². The van der Waals surface area contributed by atoms with E-state index in [-0.39, 0.29) is 11.0 Å². The van der Waals surface area contributed by atoms with Crippen molar-refractivity contribution in [3.8, 4) is 0 Å². The highest BCUT2D eigenvalue weighted by atomic mass is 32.2. The number of carbonyl (C=O) groups excluding carboxylic acids is 1. The first-order valence-electron chi connectivity index (χ1n) is 8.27. The number of sulfonamides is 1. The van der Waals surface area contributed by atoms with Gasteiger partial charge < -0.3 is 9.64 Å². The molecule has 0 aliphatic carbocycles. The minimum absolute atomic E-state index is 0.157. The summed E-state index contributed by atoms with van der Waals surface area (Å²) >= 11 is 0. The van der Waals surface area contributed by atoms with Crippen molar-refractivity contribution in [1.82, 2.24) is 19.5 Å². The second kappa shape index (κ2) is 8.11. The molecule has 0 saturated carbocycles. The average molecular weight is 370 g/mol. The predicted octanol–water partition coefficient (Wildman–Crippen LogP) is 0.913. The molecule has 1 aliphatic rings. The van der Waals surface area contributed by atoms with Gasteiger partial charge in [-0.05, 0) is 32.9 Å². The molecule has 2 heterocycles. The van der Waals surface area contributed by atoms with Crippen molar-refractivity contribution in [2.24, 2.45) is 0 Å². The standard InChI is InChI=1S/C16H26N4O4S/c1-16(2,3)24-15(21)20-11-9-19(10-12-20)8-7-18-25(22,23)14-5-4-6-17-13-14/h4-6,13,18H,7-12H2,1-3H3. The van der Waals surface area contributed by atoms with E-state index in [1.54, 1.807) is 11.0 Å². The molecular formula is C16H26N4O4S. The first kappa shape index (κ1) is 19.6. The summed E-state index contributed by atoms with van der Waals surface area (Å²) in [5, 5.41) is 0. The van der Waals surface area contributed by atoms with Gasteiger partial charge in [-0.1, -0.05) is 0 Å². The lowest BCUT2D eigenvalue weighted by molar-refractivity contribution is 0.0147. The highest BCUT2D eigenvalue weighted by molar-refractivity contribution is 7.89. The number of hydrogen-bond donors (Lipinski definition) is 1. The van der Waals surface area contributed by atoms with Crippen molar-refractivity contribution >= 4 is 16.1 Å². The van der Waals surface area contributed by atoms with Crippen LogP contribution in [0.2, 0.25) is 0 Å². The van der Waals surface area contributed by atoms with Crippen LogP contribution in [0, 0.1) is 0 Å². The van der Waals surface area contributed by atoms with Gasteiger partial charge in [-0.15, -0.1) is 0 Å². The molecule has 1 aromatic heterocycles.